The Morgan fingerprint density at radius 2 is 1.12 bits per heavy atom. The standard InChI is InChI=1S/C20H38N2O3/c1-21-11-7-19(8-12-21)24-17-3-5-18(6-4-17)25-20-9-13-22(14-10-20)15-16-23-2/h17-20H,3-16H2,1-2H3. The molecule has 5 heteroatoms. The van der Waals surface area contributed by atoms with Gasteiger partial charge in [-0.25, -0.2) is 0 Å². The molecular weight excluding hydrogens is 316 g/mol. The molecule has 1 saturated carbocycles. The van der Waals surface area contributed by atoms with Crippen LogP contribution in [0.1, 0.15) is 51.4 Å². The van der Waals surface area contributed by atoms with Crippen LogP contribution in [0.2, 0.25) is 0 Å². The van der Waals surface area contributed by atoms with E-state index in [1.165, 1.54) is 64.5 Å². The summed E-state index contributed by atoms with van der Waals surface area (Å²) in [6, 6.07) is 0. The number of nitrogens with zero attached hydrogens (tertiary/aromatic N) is 2. The molecule has 0 radical (unpaired) electrons. The van der Waals surface area contributed by atoms with Crippen LogP contribution in [0.15, 0.2) is 0 Å². The highest BCUT2D eigenvalue weighted by molar-refractivity contribution is 4.79. The Morgan fingerprint density at radius 3 is 1.60 bits per heavy atom. The van der Waals surface area contributed by atoms with Crippen molar-refractivity contribution in [3.05, 3.63) is 0 Å². The molecule has 0 bridgehead atoms. The summed E-state index contributed by atoms with van der Waals surface area (Å²) in [6.45, 7) is 6.58. The molecule has 0 N–H and O–H groups in total. The van der Waals surface area contributed by atoms with Crippen LogP contribution in [0.3, 0.4) is 0 Å². The predicted molar refractivity (Wildman–Crippen MR) is 100 cm³/mol. The molecule has 3 aliphatic rings. The highest BCUT2D eigenvalue weighted by Gasteiger charge is 2.29. The first-order valence-corrected chi connectivity index (χ1v) is 10.4. The van der Waals surface area contributed by atoms with Crippen molar-refractivity contribution in [1.29, 1.82) is 0 Å². The van der Waals surface area contributed by atoms with Gasteiger partial charge in [-0.15, -0.1) is 0 Å². The van der Waals surface area contributed by atoms with E-state index in [1.807, 2.05) is 0 Å². The lowest BCUT2D eigenvalue weighted by atomic mass is 9.94. The first-order chi connectivity index (χ1) is 12.2. The van der Waals surface area contributed by atoms with Crippen LogP contribution in [0.25, 0.3) is 0 Å². The van der Waals surface area contributed by atoms with Gasteiger partial charge in [0.25, 0.3) is 0 Å². The molecule has 0 aromatic carbocycles. The third-order valence-electron chi connectivity index (χ3n) is 6.20. The fourth-order valence-electron chi connectivity index (χ4n) is 4.46. The molecule has 2 heterocycles. The van der Waals surface area contributed by atoms with E-state index in [0.717, 1.165) is 26.2 Å². The second kappa shape index (κ2) is 10.2. The minimum atomic E-state index is 0.466. The van der Waals surface area contributed by atoms with Gasteiger partial charge in [0.05, 0.1) is 31.0 Å². The molecule has 0 aromatic heterocycles. The van der Waals surface area contributed by atoms with Gasteiger partial charge < -0.3 is 24.0 Å². The van der Waals surface area contributed by atoms with Gasteiger partial charge in [-0.1, -0.05) is 0 Å². The smallest absolute Gasteiger partial charge is 0.0603 e. The SMILES string of the molecule is COCCN1CCC(OC2CCC(OC3CCN(C)CC3)CC2)CC1. The monoisotopic (exact) mass is 354 g/mol. The van der Waals surface area contributed by atoms with Crippen molar-refractivity contribution in [1.82, 2.24) is 9.80 Å². The summed E-state index contributed by atoms with van der Waals surface area (Å²) in [4.78, 5) is 4.90. The molecule has 0 atom stereocenters. The molecule has 2 aliphatic heterocycles. The van der Waals surface area contributed by atoms with Crippen LogP contribution in [0, 0.1) is 0 Å². The summed E-state index contributed by atoms with van der Waals surface area (Å²) in [5.41, 5.74) is 0. The number of rotatable bonds is 7. The van der Waals surface area contributed by atoms with Gasteiger partial charge in [0.2, 0.25) is 0 Å². The summed E-state index contributed by atoms with van der Waals surface area (Å²) < 4.78 is 18.0. The molecule has 3 rings (SSSR count). The lowest BCUT2D eigenvalue weighted by molar-refractivity contribution is -0.0986. The molecule has 3 fully saturated rings. The van der Waals surface area contributed by atoms with E-state index in [2.05, 4.69) is 16.8 Å². The van der Waals surface area contributed by atoms with Gasteiger partial charge in [-0.2, -0.15) is 0 Å². The van der Waals surface area contributed by atoms with Gasteiger partial charge in [-0.05, 0) is 58.4 Å². The van der Waals surface area contributed by atoms with Crippen LogP contribution in [-0.4, -0.2) is 87.7 Å². The third-order valence-corrected chi connectivity index (χ3v) is 6.20. The highest BCUT2D eigenvalue weighted by Crippen LogP contribution is 2.28. The number of hydrogen-bond acceptors (Lipinski definition) is 5. The fourth-order valence-corrected chi connectivity index (χ4v) is 4.46. The minimum absolute atomic E-state index is 0.466. The second-order valence-corrected chi connectivity index (χ2v) is 8.21. The maximum Gasteiger partial charge on any atom is 0.0603 e. The summed E-state index contributed by atoms with van der Waals surface area (Å²) in [6.07, 6.45) is 11.4. The number of likely N-dealkylation sites (tertiary alicyclic amines) is 2. The van der Waals surface area contributed by atoms with Gasteiger partial charge in [0, 0.05) is 39.8 Å². The fraction of sp³-hybridized carbons (Fsp3) is 1.00. The van der Waals surface area contributed by atoms with E-state index in [9.17, 15) is 0 Å². The second-order valence-electron chi connectivity index (χ2n) is 8.21. The Labute approximate surface area is 154 Å². The molecule has 2 saturated heterocycles. The van der Waals surface area contributed by atoms with Crippen LogP contribution >= 0.6 is 0 Å². The Balaban J connectivity index is 1.28. The number of methoxy groups -OCH3 is 1. The average molecular weight is 355 g/mol. The third kappa shape index (κ3) is 6.47. The maximum absolute atomic E-state index is 6.42. The average Bonchev–Trinajstić information content (AvgIpc) is 2.65. The molecule has 0 aromatic rings. The van der Waals surface area contributed by atoms with Crippen molar-refractivity contribution in [3.63, 3.8) is 0 Å². The predicted octanol–water partition coefficient (Wildman–Crippen LogP) is 2.54. The van der Waals surface area contributed by atoms with Gasteiger partial charge in [0.1, 0.15) is 0 Å². The van der Waals surface area contributed by atoms with Crippen LogP contribution < -0.4 is 0 Å². The Hall–Kier alpha value is -0.200. The van der Waals surface area contributed by atoms with E-state index in [-0.39, 0.29) is 0 Å². The van der Waals surface area contributed by atoms with Crippen LogP contribution in [-0.2, 0) is 14.2 Å². The molecule has 0 spiro atoms. The van der Waals surface area contributed by atoms with E-state index in [1.54, 1.807) is 7.11 Å². The number of piperidine rings is 2. The Morgan fingerprint density at radius 1 is 0.680 bits per heavy atom. The van der Waals surface area contributed by atoms with Gasteiger partial charge >= 0.3 is 0 Å². The van der Waals surface area contributed by atoms with E-state index >= 15 is 0 Å². The zero-order valence-corrected chi connectivity index (χ0v) is 16.3. The number of hydrogen-bond donors (Lipinski definition) is 0. The number of ether oxygens (including phenoxy) is 3. The van der Waals surface area contributed by atoms with Crippen molar-refractivity contribution in [3.8, 4) is 0 Å². The summed E-state index contributed by atoms with van der Waals surface area (Å²) in [5, 5.41) is 0. The zero-order chi connectivity index (χ0) is 17.5. The molecule has 25 heavy (non-hydrogen) atoms. The van der Waals surface area contributed by atoms with E-state index in [4.69, 9.17) is 14.2 Å². The Kier molecular flexibility index (Phi) is 7.99. The Bertz CT molecular complexity index is 358. The molecule has 146 valence electrons. The highest BCUT2D eigenvalue weighted by atomic mass is 16.5. The van der Waals surface area contributed by atoms with Crippen LogP contribution in [0.4, 0.5) is 0 Å². The van der Waals surface area contributed by atoms with E-state index in [0.29, 0.717) is 24.4 Å². The lowest BCUT2D eigenvalue weighted by Gasteiger charge is -2.37. The van der Waals surface area contributed by atoms with Crippen molar-refractivity contribution in [2.24, 2.45) is 0 Å². The van der Waals surface area contributed by atoms with Gasteiger partial charge in [-0.3, -0.25) is 0 Å². The van der Waals surface area contributed by atoms with Crippen molar-refractivity contribution >= 4 is 0 Å². The van der Waals surface area contributed by atoms with Crippen molar-refractivity contribution in [2.45, 2.75) is 75.8 Å². The topological polar surface area (TPSA) is 34.2 Å². The summed E-state index contributed by atoms with van der Waals surface area (Å²) >= 11 is 0. The van der Waals surface area contributed by atoms with Gasteiger partial charge in [0.15, 0.2) is 0 Å². The van der Waals surface area contributed by atoms with Crippen molar-refractivity contribution < 1.29 is 14.2 Å². The van der Waals surface area contributed by atoms with Crippen LogP contribution in [0.5, 0.6) is 0 Å². The molecule has 0 amide bonds. The first kappa shape index (κ1) is 19.6. The molecule has 0 unspecified atom stereocenters. The first-order valence-electron chi connectivity index (χ1n) is 10.4. The normalized spacial score (nSPS) is 31.4. The largest absolute Gasteiger partial charge is 0.383 e. The molecular formula is C20H38N2O3. The van der Waals surface area contributed by atoms with Crippen molar-refractivity contribution in [2.75, 3.05) is 53.5 Å². The summed E-state index contributed by atoms with van der Waals surface area (Å²) in [7, 11) is 3.99. The quantitative estimate of drug-likeness (QED) is 0.702. The maximum atomic E-state index is 6.42. The summed E-state index contributed by atoms with van der Waals surface area (Å²) in [5.74, 6) is 0. The van der Waals surface area contributed by atoms with E-state index < -0.39 is 0 Å². The zero-order valence-electron chi connectivity index (χ0n) is 16.3. The lowest BCUT2D eigenvalue weighted by Crippen LogP contribution is -2.41. The molecule has 1 aliphatic carbocycles. The minimum Gasteiger partial charge on any atom is -0.383 e. The molecule has 5 nitrogen and oxygen atoms in total.